The predicted octanol–water partition coefficient (Wildman–Crippen LogP) is 1.49. The molecule has 0 fully saturated rings. The van der Waals surface area contributed by atoms with E-state index in [1.807, 2.05) is 19.0 Å². The Kier molecular flexibility index (Phi) is 6.08. The Morgan fingerprint density at radius 1 is 1.32 bits per heavy atom. The summed E-state index contributed by atoms with van der Waals surface area (Å²) in [7, 11) is 3.85. The Bertz CT molecular complexity index is 438. The van der Waals surface area contributed by atoms with Crippen molar-refractivity contribution in [3.05, 3.63) is 28.8 Å². The first kappa shape index (κ1) is 15.8. The minimum Gasteiger partial charge on any atom is -0.508 e. The van der Waals surface area contributed by atoms with Gasteiger partial charge in [-0.3, -0.25) is 9.69 Å². The minimum absolute atomic E-state index is 0.0696. The van der Waals surface area contributed by atoms with Crippen LogP contribution in [0.3, 0.4) is 0 Å². The summed E-state index contributed by atoms with van der Waals surface area (Å²) in [5.74, 6) is -0.759. The van der Waals surface area contributed by atoms with Crippen LogP contribution in [0.2, 0.25) is 5.02 Å². The number of benzene rings is 1. The predicted molar refractivity (Wildman–Crippen MR) is 74.6 cm³/mol. The zero-order chi connectivity index (χ0) is 14.4. The average Bonchev–Trinajstić information content (AvgIpc) is 2.30. The van der Waals surface area contributed by atoms with Gasteiger partial charge in [0.2, 0.25) is 0 Å². The summed E-state index contributed by atoms with van der Waals surface area (Å²) < 4.78 is 0. The fourth-order valence-corrected chi connectivity index (χ4v) is 1.86. The van der Waals surface area contributed by atoms with E-state index in [2.05, 4.69) is 0 Å². The van der Waals surface area contributed by atoms with Crippen LogP contribution in [0, 0.1) is 0 Å². The minimum atomic E-state index is -0.889. The van der Waals surface area contributed by atoms with Gasteiger partial charge in [0.25, 0.3) is 0 Å². The molecule has 0 saturated carbocycles. The molecule has 0 aromatic heterocycles. The highest BCUT2D eigenvalue weighted by molar-refractivity contribution is 6.30. The second-order valence-corrected chi connectivity index (χ2v) is 5.12. The van der Waals surface area contributed by atoms with Crippen molar-refractivity contribution in [2.24, 2.45) is 0 Å². The third-order valence-electron chi connectivity index (χ3n) is 2.66. The molecule has 106 valence electrons. The van der Waals surface area contributed by atoms with Gasteiger partial charge in [-0.15, -0.1) is 0 Å². The van der Waals surface area contributed by atoms with E-state index >= 15 is 0 Å². The van der Waals surface area contributed by atoms with E-state index < -0.39 is 5.97 Å². The number of rotatable bonds is 7. The second kappa shape index (κ2) is 7.33. The number of phenolic OH excluding ortho intramolecular Hbond substituents is 1. The number of phenols is 1. The van der Waals surface area contributed by atoms with Gasteiger partial charge in [-0.2, -0.15) is 0 Å². The molecule has 0 heterocycles. The van der Waals surface area contributed by atoms with E-state index in [1.165, 1.54) is 6.07 Å². The lowest BCUT2D eigenvalue weighted by Gasteiger charge is -2.22. The summed E-state index contributed by atoms with van der Waals surface area (Å²) in [5.41, 5.74) is 0.632. The number of likely N-dealkylation sites (N-methyl/N-ethyl adjacent to an activating group) is 1. The van der Waals surface area contributed by atoms with Gasteiger partial charge >= 0.3 is 5.97 Å². The Morgan fingerprint density at radius 2 is 2.00 bits per heavy atom. The van der Waals surface area contributed by atoms with Gasteiger partial charge in [0.05, 0.1) is 6.54 Å². The van der Waals surface area contributed by atoms with Gasteiger partial charge in [0.15, 0.2) is 0 Å². The van der Waals surface area contributed by atoms with Crippen LogP contribution in [0.1, 0.15) is 5.56 Å². The quantitative estimate of drug-likeness (QED) is 0.795. The van der Waals surface area contributed by atoms with E-state index in [0.717, 1.165) is 6.54 Å². The summed E-state index contributed by atoms with van der Waals surface area (Å²) >= 11 is 5.88. The maximum absolute atomic E-state index is 10.9. The molecule has 0 aliphatic heterocycles. The van der Waals surface area contributed by atoms with E-state index in [9.17, 15) is 9.90 Å². The molecule has 0 aliphatic rings. The first-order valence-corrected chi connectivity index (χ1v) is 6.32. The molecule has 5 nitrogen and oxygen atoms in total. The SMILES string of the molecule is CN(C)CCN(CC(=O)O)Cc1cc(Cl)ccc1O. The zero-order valence-corrected chi connectivity index (χ0v) is 11.9. The van der Waals surface area contributed by atoms with Crippen molar-refractivity contribution in [2.45, 2.75) is 6.54 Å². The molecular weight excluding hydrogens is 268 g/mol. The van der Waals surface area contributed by atoms with Crippen LogP contribution in [0.25, 0.3) is 0 Å². The normalized spacial score (nSPS) is 11.2. The van der Waals surface area contributed by atoms with Gasteiger partial charge in [-0.05, 0) is 32.3 Å². The smallest absolute Gasteiger partial charge is 0.317 e. The van der Waals surface area contributed by atoms with Crippen molar-refractivity contribution >= 4 is 17.6 Å². The highest BCUT2D eigenvalue weighted by atomic mass is 35.5. The Balaban J connectivity index is 2.74. The molecule has 19 heavy (non-hydrogen) atoms. The average molecular weight is 287 g/mol. The van der Waals surface area contributed by atoms with E-state index in [0.29, 0.717) is 23.7 Å². The fraction of sp³-hybridized carbons (Fsp3) is 0.462. The highest BCUT2D eigenvalue weighted by Crippen LogP contribution is 2.22. The standard InChI is InChI=1S/C13H19ClN2O3/c1-15(2)5-6-16(9-13(18)19)8-10-7-11(14)3-4-12(10)17/h3-4,7,17H,5-6,8-9H2,1-2H3,(H,18,19). The largest absolute Gasteiger partial charge is 0.508 e. The van der Waals surface area contributed by atoms with Crippen LogP contribution in [0.4, 0.5) is 0 Å². The number of carboxylic acids is 1. The van der Waals surface area contributed by atoms with Gasteiger partial charge in [0, 0.05) is 30.2 Å². The van der Waals surface area contributed by atoms with Gasteiger partial charge < -0.3 is 15.1 Å². The van der Waals surface area contributed by atoms with Gasteiger partial charge in [-0.1, -0.05) is 11.6 Å². The molecule has 6 heteroatoms. The maximum atomic E-state index is 10.9. The van der Waals surface area contributed by atoms with Crippen molar-refractivity contribution in [3.8, 4) is 5.75 Å². The number of aromatic hydroxyl groups is 1. The molecule has 1 rings (SSSR count). The van der Waals surface area contributed by atoms with Crippen molar-refractivity contribution in [2.75, 3.05) is 33.7 Å². The molecule has 0 radical (unpaired) electrons. The van der Waals surface area contributed by atoms with Crippen LogP contribution in [-0.4, -0.2) is 59.7 Å². The number of hydrogen-bond donors (Lipinski definition) is 2. The van der Waals surface area contributed by atoms with Gasteiger partial charge in [-0.25, -0.2) is 0 Å². The number of hydrogen-bond acceptors (Lipinski definition) is 4. The molecule has 0 bridgehead atoms. The Morgan fingerprint density at radius 3 is 2.58 bits per heavy atom. The monoisotopic (exact) mass is 286 g/mol. The summed E-state index contributed by atoms with van der Waals surface area (Å²) in [6.45, 7) is 1.63. The molecule has 1 aromatic rings. The number of halogens is 1. The summed E-state index contributed by atoms with van der Waals surface area (Å²) in [6, 6.07) is 4.77. The van der Waals surface area contributed by atoms with E-state index in [1.54, 1.807) is 17.0 Å². The lowest BCUT2D eigenvalue weighted by Crippen LogP contribution is -2.35. The Hall–Kier alpha value is -1.30. The van der Waals surface area contributed by atoms with Crippen LogP contribution in [-0.2, 0) is 11.3 Å². The van der Waals surface area contributed by atoms with Crippen LogP contribution in [0.5, 0.6) is 5.75 Å². The van der Waals surface area contributed by atoms with Crippen molar-refractivity contribution < 1.29 is 15.0 Å². The zero-order valence-electron chi connectivity index (χ0n) is 11.1. The van der Waals surface area contributed by atoms with Gasteiger partial charge in [0.1, 0.15) is 5.75 Å². The molecule has 0 amide bonds. The summed E-state index contributed by atoms with van der Waals surface area (Å²) in [4.78, 5) is 14.6. The first-order valence-electron chi connectivity index (χ1n) is 5.94. The first-order chi connectivity index (χ1) is 8.88. The maximum Gasteiger partial charge on any atom is 0.317 e. The molecular formula is C13H19ClN2O3. The van der Waals surface area contributed by atoms with Crippen LogP contribution >= 0.6 is 11.6 Å². The van der Waals surface area contributed by atoms with Crippen LogP contribution in [0.15, 0.2) is 18.2 Å². The van der Waals surface area contributed by atoms with Crippen LogP contribution < -0.4 is 0 Å². The number of carboxylic acid groups (broad SMARTS) is 1. The third kappa shape index (κ3) is 5.92. The highest BCUT2D eigenvalue weighted by Gasteiger charge is 2.13. The Labute approximate surface area is 118 Å². The molecule has 2 N–H and O–H groups in total. The molecule has 0 spiro atoms. The number of nitrogens with zero attached hydrogens (tertiary/aromatic N) is 2. The molecule has 0 aliphatic carbocycles. The fourth-order valence-electron chi connectivity index (χ4n) is 1.67. The molecule has 0 atom stereocenters. The van der Waals surface area contributed by atoms with Crippen molar-refractivity contribution in [1.29, 1.82) is 0 Å². The number of aliphatic carboxylic acids is 1. The lowest BCUT2D eigenvalue weighted by atomic mass is 10.2. The summed E-state index contributed by atoms with van der Waals surface area (Å²) in [6.07, 6.45) is 0. The molecule has 0 saturated heterocycles. The molecule has 0 unspecified atom stereocenters. The van der Waals surface area contributed by atoms with Crippen molar-refractivity contribution in [3.63, 3.8) is 0 Å². The third-order valence-corrected chi connectivity index (χ3v) is 2.89. The van der Waals surface area contributed by atoms with Crippen molar-refractivity contribution in [1.82, 2.24) is 9.80 Å². The topological polar surface area (TPSA) is 64.0 Å². The van der Waals surface area contributed by atoms with E-state index in [-0.39, 0.29) is 12.3 Å². The van der Waals surface area contributed by atoms with E-state index in [4.69, 9.17) is 16.7 Å². The molecule has 1 aromatic carbocycles. The number of carbonyl (C=O) groups is 1. The summed E-state index contributed by atoms with van der Waals surface area (Å²) in [5, 5.41) is 19.2. The second-order valence-electron chi connectivity index (χ2n) is 4.68. The lowest BCUT2D eigenvalue weighted by molar-refractivity contribution is -0.138.